The van der Waals surface area contributed by atoms with E-state index in [1.165, 1.54) is 0 Å². The van der Waals surface area contributed by atoms with Crippen molar-refractivity contribution in [2.45, 2.75) is 25.7 Å². The number of hydrogen-bond acceptors (Lipinski definition) is 2. The van der Waals surface area contributed by atoms with Crippen molar-refractivity contribution in [3.63, 3.8) is 0 Å². The van der Waals surface area contributed by atoms with Gasteiger partial charge in [-0.3, -0.25) is 0 Å². The lowest BCUT2D eigenvalue weighted by molar-refractivity contribution is 0.474. The van der Waals surface area contributed by atoms with E-state index < -0.39 is 0 Å². The van der Waals surface area contributed by atoms with E-state index in [2.05, 4.69) is 0 Å². The van der Waals surface area contributed by atoms with E-state index in [-0.39, 0.29) is 43.4 Å². The lowest BCUT2D eigenvalue weighted by atomic mass is 9.84. The van der Waals surface area contributed by atoms with Crippen LogP contribution in [0.3, 0.4) is 0 Å². The molecule has 2 aromatic rings. The van der Waals surface area contributed by atoms with E-state index in [9.17, 15) is 10.2 Å². The molecule has 0 saturated carbocycles. The monoisotopic (exact) mass is 378 g/mol. The fraction of sp³-hybridized carbons (Fsp3) is 0.250. The standard InChI is InChI=1S/C16H14Cl4O2/c1-7(9-3-11(17)15(21)12(18)4-9)8(2)10-5-13(19)16(22)14(20)6-10/h3-8,21-22H,1-2H3. The van der Waals surface area contributed by atoms with Gasteiger partial charge in [-0.15, -0.1) is 0 Å². The van der Waals surface area contributed by atoms with E-state index in [0.29, 0.717) is 0 Å². The van der Waals surface area contributed by atoms with Crippen molar-refractivity contribution < 1.29 is 10.2 Å². The van der Waals surface area contributed by atoms with Crippen molar-refractivity contribution in [3.8, 4) is 11.5 Å². The molecule has 0 aliphatic heterocycles. The Morgan fingerprint density at radius 1 is 0.636 bits per heavy atom. The summed E-state index contributed by atoms with van der Waals surface area (Å²) in [6, 6.07) is 6.75. The minimum atomic E-state index is -0.123. The largest absolute Gasteiger partial charge is 0.505 e. The van der Waals surface area contributed by atoms with Gasteiger partial charge >= 0.3 is 0 Å². The van der Waals surface area contributed by atoms with Gasteiger partial charge in [0, 0.05) is 0 Å². The molecule has 118 valence electrons. The third kappa shape index (κ3) is 3.41. The van der Waals surface area contributed by atoms with Gasteiger partial charge in [0.1, 0.15) is 0 Å². The summed E-state index contributed by atoms with van der Waals surface area (Å²) in [5.74, 6) is -0.148. The fourth-order valence-corrected chi connectivity index (χ4v) is 3.28. The van der Waals surface area contributed by atoms with E-state index >= 15 is 0 Å². The molecule has 0 spiro atoms. The molecule has 0 saturated heterocycles. The van der Waals surface area contributed by atoms with Crippen LogP contribution in [0.5, 0.6) is 11.5 Å². The Morgan fingerprint density at radius 2 is 0.864 bits per heavy atom. The van der Waals surface area contributed by atoms with Crippen molar-refractivity contribution in [1.82, 2.24) is 0 Å². The minimum Gasteiger partial charge on any atom is -0.505 e. The van der Waals surface area contributed by atoms with Gasteiger partial charge in [-0.1, -0.05) is 60.3 Å². The second-order valence-electron chi connectivity index (χ2n) is 5.24. The molecule has 22 heavy (non-hydrogen) atoms. The highest BCUT2D eigenvalue weighted by Crippen LogP contribution is 2.42. The number of aromatic hydroxyl groups is 2. The Kier molecular flexibility index (Phi) is 5.39. The maximum Gasteiger partial charge on any atom is 0.152 e. The predicted octanol–water partition coefficient (Wildman–Crippen LogP) is 6.62. The summed E-state index contributed by atoms with van der Waals surface area (Å²) in [7, 11) is 0. The lowest BCUT2D eigenvalue weighted by Crippen LogP contribution is -2.05. The third-order valence-electron chi connectivity index (χ3n) is 3.88. The molecule has 6 heteroatoms. The van der Waals surface area contributed by atoms with Crippen LogP contribution in [0.2, 0.25) is 20.1 Å². The summed E-state index contributed by atoms with van der Waals surface area (Å²) in [6.07, 6.45) is 0. The summed E-state index contributed by atoms with van der Waals surface area (Å²) in [4.78, 5) is 0. The number of rotatable bonds is 3. The van der Waals surface area contributed by atoms with Gasteiger partial charge in [-0.05, 0) is 47.2 Å². The molecule has 2 atom stereocenters. The van der Waals surface area contributed by atoms with Gasteiger partial charge < -0.3 is 10.2 Å². The summed E-state index contributed by atoms with van der Waals surface area (Å²) in [5.41, 5.74) is 1.78. The smallest absolute Gasteiger partial charge is 0.152 e. The van der Waals surface area contributed by atoms with Crippen molar-refractivity contribution in [1.29, 1.82) is 0 Å². The minimum absolute atomic E-state index is 0.0484. The molecule has 2 aromatic carbocycles. The molecule has 2 nitrogen and oxygen atoms in total. The first-order valence-corrected chi connectivity index (χ1v) is 8.09. The highest BCUT2D eigenvalue weighted by Gasteiger charge is 2.20. The van der Waals surface area contributed by atoms with Crippen LogP contribution in [0.4, 0.5) is 0 Å². The third-order valence-corrected chi connectivity index (χ3v) is 5.03. The number of benzene rings is 2. The number of halogens is 4. The van der Waals surface area contributed by atoms with Gasteiger partial charge in [0.15, 0.2) is 11.5 Å². The SMILES string of the molecule is CC(c1cc(Cl)c(O)c(Cl)c1)C(C)c1cc(Cl)c(O)c(Cl)c1. The van der Waals surface area contributed by atoms with Gasteiger partial charge in [-0.2, -0.15) is 0 Å². The second kappa shape index (κ2) is 6.76. The molecule has 0 aliphatic rings. The molecule has 2 N–H and O–H groups in total. The van der Waals surface area contributed by atoms with Crippen molar-refractivity contribution in [2.24, 2.45) is 0 Å². The summed E-state index contributed by atoms with van der Waals surface area (Å²) < 4.78 is 0. The number of phenols is 2. The van der Waals surface area contributed by atoms with Crippen LogP contribution < -0.4 is 0 Å². The predicted molar refractivity (Wildman–Crippen MR) is 93.1 cm³/mol. The molecular weight excluding hydrogens is 366 g/mol. The molecule has 0 aliphatic carbocycles. The van der Waals surface area contributed by atoms with Crippen LogP contribution in [0.15, 0.2) is 24.3 Å². The Labute approximate surface area is 149 Å². The second-order valence-corrected chi connectivity index (χ2v) is 6.87. The van der Waals surface area contributed by atoms with Crippen molar-refractivity contribution in [2.75, 3.05) is 0 Å². The quantitative estimate of drug-likeness (QED) is 0.629. The summed E-state index contributed by atoms with van der Waals surface area (Å²) in [6.45, 7) is 4.02. The molecule has 0 amide bonds. The van der Waals surface area contributed by atoms with Crippen LogP contribution in [0, 0.1) is 0 Å². The van der Waals surface area contributed by atoms with Gasteiger partial charge in [0.05, 0.1) is 20.1 Å². The maximum atomic E-state index is 9.64. The Bertz CT molecular complexity index is 608. The summed E-state index contributed by atoms with van der Waals surface area (Å²) >= 11 is 23.9. The van der Waals surface area contributed by atoms with E-state index in [1.807, 2.05) is 13.8 Å². The van der Waals surface area contributed by atoms with Crippen LogP contribution in [-0.2, 0) is 0 Å². The Hall–Kier alpha value is -0.800. The molecule has 2 unspecified atom stereocenters. The highest BCUT2D eigenvalue weighted by atomic mass is 35.5. The fourth-order valence-electron chi connectivity index (χ4n) is 2.27. The topological polar surface area (TPSA) is 40.5 Å². The lowest BCUT2D eigenvalue weighted by Gasteiger charge is -2.22. The van der Waals surface area contributed by atoms with E-state index in [1.54, 1.807) is 24.3 Å². The van der Waals surface area contributed by atoms with Gasteiger partial charge in [0.2, 0.25) is 0 Å². The highest BCUT2D eigenvalue weighted by molar-refractivity contribution is 6.37. The zero-order chi connectivity index (χ0) is 16.6. The van der Waals surface area contributed by atoms with Gasteiger partial charge in [0.25, 0.3) is 0 Å². The van der Waals surface area contributed by atoms with Crippen LogP contribution in [-0.4, -0.2) is 10.2 Å². The Balaban J connectivity index is 2.39. The molecular formula is C16H14Cl4O2. The van der Waals surface area contributed by atoms with E-state index in [4.69, 9.17) is 46.4 Å². The number of phenolic OH excluding ortho intramolecular Hbond substituents is 2. The van der Waals surface area contributed by atoms with Crippen molar-refractivity contribution >= 4 is 46.4 Å². The van der Waals surface area contributed by atoms with E-state index in [0.717, 1.165) is 11.1 Å². The zero-order valence-corrected chi connectivity index (χ0v) is 14.9. The normalized spacial score (nSPS) is 13.9. The average Bonchev–Trinajstić information content (AvgIpc) is 2.47. The number of hydrogen-bond donors (Lipinski definition) is 2. The zero-order valence-electron chi connectivity index (χ0n) is 11.9. The van der Waals surface area contributed by atoms with Crippen LogP contribution in [0.1, 0.15) is 36.8 Å². The Morgan fingerprint density at radius 3 is 1.09 bits per heavy atom. The molecule has 2 rings (SSSR count). The molecule has 0 radical (unpaired) electrons. The first kappa shape index (κ1) is 17.6. The first-order chi connectivity index (χ1) is 10.2. The first-order valence-electron chi connectivity index (χ1n) is 6.58. The van der Waals surface area contributed by atoms with Gasteiger partial charge in [-0.25, -0.2) is 0 Å². The maximum absolute atomic E-state index is 9.64. The van der Waals surface area contributed by atoms with Crippen molar-refractivity contribution in [3.05, 3.63) is 55.5 Å². The average molecular weight is 380 g/mol. The molecule has 0 heterocycles. The molecule has 0 fully saturated rings. The molecule has 0 bridgehead atoms. The summed E-state index contributed by atoms with van der Waals surface area (Å²) in [5, 5.41) is 20.1. The van der Waals surface area contributed by atoms with Crippen LogP contribution in [0.25, 0.3) is 0 Å². The molecule has 0 aromatic heterocycles. The van der Waals surface area contributed by atoms with Crippen LogP contribution >= 0.6 is 46.4 Å².